The second kappa shape index (κ2) is 6.19. The Morgan fingerprint density at radius 2 is 2.00 bits per heavy atom. The molecule has 0 saturated carbocycles. The maximum Gasteiger partial charge on any atom is 0.242 e. The zero-order valence-corrected chi connectivity index (χ0v) is 11.9. The van der Waals surface area contributed by atoms with Gasteiger partial charge in [-0.05, 0) is 31.4 Å². The number of nitrogens with zero attached hydrogens (tertiary/aromatic N) is 2. The SMILES string of the molecule is Nc1ccc(S(=O)(=O)NCC(=O)N2CCCCC2)cn1. The van der Waals surface area contributed by atoms with E-state index in [1.807, 2.05) is 0 Å². The second-order valence-corrected chi connectivity index (χ2v) is 6.45. The number of piperidine rings is 1. The largest absolute Gasteiger partial charge is 0.384 e. The molecule has 110 valence electrons. The van der Waals surface area contributed by atoms with Gasteiger partial charge in [0.15, 0.2) is 0 Å². The number of hydrogen-bond acceptors (Lipinski definition) is 5. The molecule has 2 heterocycles. The molecule has 2 rings (SSSR count). The van der Waals surface area contributed by atoms with Crippen LogP contribution in [0.4, 0.5) is 5.82 Å². The molecular weight excluding hydrogens is 280 g/mol. The summed E-state index contributed by atoms with van der Waals surface area (Å²) in [5, 5.41) is 0. The lowest BCUT2D eigenvalue weighted by molar-refractivity contribution is -0.130. The average molecular weight is 298 g/mol. The normalized spacial score (nSPS) is 16.1. The van der Waals surface area contributed by atoms with Gasteiger partial charge in [0.1, 0.15) is 10.7 Å². The number of aromatic nitrogens is 1. The number of rotatable bonds is 4. The summed E-state index contributed by atoms with van der Waals surface area (Å²) in [6.07, 6.45) is 4.23. The van der Waals surface area contributed by atoms with Gasteiger partial charge < -0.3 is 10.6 Å². The first-order chi connectivity index (χ1) is 9.49. The van der Waals surface area contributed by atoms with Gasteiger partial charge >= 0.3 is 0 Å². The van der Waals surface area contributed by atoms with Crippen LogP contribution in [0.5, 0.6) is 0 Å². The highest BCUT2D eigenvalue weighted by molar-refractivity contribution is 7.89. The standard InChI is InChI=1S/C12H18N4O3S/c13-11-5-4-10(8-14-11)20(18,19)15-9-12(17)16-6-2-1-3-7-16/h4-5,8,15H,1-3,6-7,9H2,(H2,13,14). The van der Waals surface area contributed by atoms with Crippen molar-refractivity contribution >= 4 is 21.7 Å². The van der Waals surface area contributed by atoms with E-state index < -0.39 is 10.0 Å². The van der Waals surface area contributed by atoms with Crippen LogP contribution >= 0.6 is 0 Å². The monoisotopic (exact) mass is 298 g/mol. The van der Waals surface area contributed by atoms with E-state index in [9.17, 15) is 13.2 Å². The molecule has 1 aliphatic heterocycles. The Labute approximate surface area is 118 Å². The Bertz CT molecular complexity index is 565. The van der Waals surface area contributed by atoms with Crippen molar-refractivity contribution in [2.45, 2.75) is 24.2 Å². The Morgan fingerprint density at radius 3 is 2.60 bits per heavy atom. The summed E-state index contributed by atoms with van der Waals surface area (Å²) < 4.78 is 26.2. The van der Waals surface area contributed by atoms with Gasteiger partial charge in [0, 0.05) is 19.3 Å². The molecule has 0 bridgehead atoms. The first-order valence-electron chi connectivity index (χ1n) is 6.48. The number of carbonyl (C=O) groups is 1. The van der Waals surface area contributed by atoms with Crippen molar-refractivity contribution in [2.75, 3.05) is 25.4 Å². The van der Waals surface area contributed by atoms with E-state index >= 15 is 0 Å². The lowest BCUT2D eigenvalue weighted by Gasteiger charge is -2.26. The molecule has 3 N–H and O–H groups in total. The number of nitrogen functional groups attached to an aromatic ring is 1. The number of hydrogen-bond donors (Lipinski definition) is 2. The molecule has 1 amide bonds. The van der Waals surface area contributed by atoms with E-state index in [1.54, 1.807) is 4.90 Å². The first-order valence-corrected chi connectivity index (χ1v) is 7.96. The highest BCUT2D eigenvalue weighted by Gasteiger charge is 2.20. The van der Waals surface area contributed by atoms with E-state index in [0.717, 1.165) is 19.3 Å². The number of likely N-dealkylation sites (tertiary alicyclic amines) is 1. The summed E-state index contributed by atoms with van der Waals surface area (Å²) in [5.41, 5.74) is 5.40. The van der Waals surface area contributed by atoms with Crippen molar-refractivity contribution in [3.63, 3.8) is 0 Å². The Kier molecular flexibility index (Phi) is 4.56. The van der Waals surface area contributed by atoms with Gasteiger partial charge in [0.05, 0.1) is 6.54 Å². The van der Waals surface area contributed by atoms with E-state index in [2.05, 4.69) is 9.71 Å². The summed E-state index contributed by atoms with van der Waals surface area (Å²) in [7, 11) is -3.73. The molecule has 0 aliphatic carbocycles. The molecule has 0 radical (unpaired) electrons. The minimum absolute atomic E-state index is 0.00172. The number of carbonyl (C=O) groups excluding carboxylic acids is 1. The van der Waals surface area contributed by atoms with Crippen molar-refractivity contribution < 1.29 is 13.2 Å². The minimum atomic E-state index is -3.73. The quantitative estimate of drug-likeness (QED) is 0.811. The fourth-order valence-corrected chi connectivity index (χ4v) is 2.96. The fraction of sp³-hybridized carbons (Fsp3) is 0.500. The molecule has 1 aliphatic rings. The van der Waals surface area contributed by atoms with Crippen molar-refractivity contribution in [3.8, 4) is 0 Å². The maximum atomic E-state index is 12.0. The maximum absolute atomic E-state index is 12.0. The number of pyridine rings is 1. The lowest BCUT2D eigenvalue weighted by atomic mass is 10.1. The molecule has 0 atom stereocenters. The zero-order valence-electron chi connectivity index (χ0n) is 11.1. The minimum Gasteiger partial charge on any atom is -0.384 e. The van der Waals surface area contributed by atoms with Crippen LogP contribution in [0, 0.1) is 0 Å². The van der Waals surface area contributed by atoms with Crippen LogP contribution in [0.2, 0.25) is 0 Å². The predicted octanol–water partition coefficient (Wildman–Crippen LogP) is -0.0454. The van der Waals surface area contributed by atoms with Gasteiger partial charge in [-0.1, -0.05) is 0 Å². The molecule has 1 aromatic heterocycles. The molecule has 7 nitrogen and oxygen atoms in total. The molecule has 1 fully saturated rings. The third-order valence-electron chi connectivity index (χ3n) is 3.19. The van der Waals surface area contributed by atoms with E-state index in [-0.39, 0.29) is 23.2 Å². The van der Waals surface area contributed by atoms with Crippen molar-refractivity contribution in [1.82, 2.24) is 14.6 Å². The highest BCUT2D eigenvalue weighted by Crippen LogP contribution is 2.10. The third kappa shape index (κ3) is 3.67. The van der Waals surface area contributed by atoms with Gasteiger partial charge in [-0.2, -0.15) is 0 Å². The summed E-state index contributed by atoms with van der Waals surface area (Å²) in [5.74, 6) is 0.0463. The fourth-order valence-electron chi connectivity index (χ4n) is 2.05. The van der Waals surface area contributed by atoms with Crippen molar-refractivity contribution in [1.29, 1.82) is 0 Å². The van der Waals surface area contributed by atoms with Crippen molar-refractivity contribution in [3.05, 3.63) is 18.3 Å². The predicted molar refractivity (Wildman–Crippen MR) is 74.3 cm³/mol. The Hall–Kier alpha value is -1.67. The van der Waals surface area contributed by atoms with Crippen LogP contribution in [-0.4, -0.2) is 43.8 Å². The lowest BCUT2D eigenvalue weighted by Crippen LogP contribution is -2.42. The van der Waals surface area contributed by atoms with Gasteiger partial charge in [0.2, 0.25) is 15.9 Å². The Morgan fingerprint density at radius 1 is 1.30 bits per heavy atom. The van der Waals surface area contributed by atoms with Crippen LogP contribution in [0.25, 0.3) is 0 Å². The number of amides is 1. The highest BCUT2D eigenvalue weighted by atomic mass is 32.2. The van der Waals surface area contributed by atoms with E-state index in [1.165, 1.54) is 18.3 Å². The molecule has 20 heavy (non-hydrogen) atoms. The van der Waals surface area contributed by atoms with Crippen LogP contribution < -0.4 is 10.5 Å². The summed E-state index contributed by atoms with van der Waals surface area (Å²) in [6.45, 7) is 1.17. The van der Waals surface area contributed by atoms with Crippen LogP contribution in [0.3, 0.4) is 0 Å². The molecule has 1 saturated heterocycles. The number of nitrogens with one attached hydrogen (secondary N) is 1. The number of sulfonamides is 1. The molecule has 8 heteroatoms. The number of anilines is 1. The summed E-state index contributed by atoms with van der Waals surface area (Å²) >= 11 is 0. The van der Waals surface area contributed by atoms with E-state index in [0.29, 0.717) is 13.1 Å². The summed E-state index contributed by atoms with van der Waals surface area (Å²) in [4.78, 5) is 17.3. The van der Waals surface area contributed by atoms with Crippen LogP contribution in [0.1, 0.15) is 19.3 Å². The topological polar surface area (TPSA) is 105 Å². The molecular formula is C12H18N4O3S. The third-order valence-corrected chi connectivity index (χ3v) is 4.58. The molecule has 0 aromatic carbocycles. The average Bonchev–Trinajstić information content (AvgIpc) is 2.46. The first kappa shape index (κ1) is 14.7. The van der Waals surface area contributed by atoms with Crippen LogP contribution in [-0.2, 0) is 14.8 Å². The molecule has 0 spiro atoms. The van der Waals surface area contributed by atoms with Gasteiger partial charge in [-0.15, -0.1) is 0 Å². The molecule has 0 unspecified atom stereocenters. The molecule has 1 aromatic rings. The van der Waals surface area contributed by atoms with Gasteiger partial charge in [0.25, 0.3) is 0 Å². The zero-order chi connectivity index (χ0) is 14.6. The van der Waals surface area contributed by atoms with Gasteiger partial charge in [-0.25, -0.2) is 18.1 Å². The summed E-state index contributed by atoms with van der Waals surface area (Å²) in [6, 6.07) is 2.76. The smallest absolute Gasteiger partial charge is 0.242 e. The second-order valence-electron chi connectivity index (χ2n) is 4.68. The number of nitrogens with two attached hydrogens (primary N) is 1. The van der Waals surface area contributed by atoms with Crippen molar-refractivity contribution in [2.24, 2.45) is 0 Å². The van der Waals surface area contributed by atoms with E-state index in [4.69, 9.17) is 5.73 Å². The Balaban J connectivity index is 1.95. The van der Waals surface area contributed by atoms with Crippen LogP contribution in [0.15, 0.2) is 23.2 Å². The van der Waals surface area contributed by atoms with Gasteiger partial charge in [-0.3, -0.25) is 4.79 Å².